The molecule has 1 fully saturated rings. The van der Waals surface area contributed by atoms with Gasteiger partial charge in [-0.3, -0.25) is 9.59 Å². The third kappa shape index (κ3) is 7.58. The lowest BCUT2D eigenvalue weighted by molar-refractivity contribution is -0.145. The van der Waals surface area contributed by atoms with Gasteiger partial charge in [0.05, 0.1) is 17.4 Å². The molecule has 2 aliphatic rings. The number of carbonyl (C=O) groups is 2. The Bertz CT molecular complexity index is 1770. The minimum absolute atomic E-state index is 0.0310. The van der Waals surface area contributed by atoms with E-state index in [1.807, 2.05) is 48.5 Å². The molecule has 50 heavy (non-hydrogen) atoms. The van der Waals surface area contributed by atoms with E-state index in [0.29, 0.717) is 36.0 Å². The average Bonchev–Trinajstić information content (AvgIpc) is 3.39. The molecular weight excluding hydrogens is 652 g/mol. The fraction of sp³-hybridized carbons (Fsp3) is 0.366. The van der Waals surface area contributed by atoms with Gasteiger partial charge < -0.3 is 4.90 Å². The van der Waals surface area contributed by atoms with Crippen LogP contribution in [0.15, 0.2) is 97.1 Å². The van der Waals surface area contributed by atoms with Crippen molar-refractivity contribution in [1.29, 1.82) is 0 Å². The normalized spacial score (nSPS) is 16.2. The molecule has 0 radical (unpaired) electrons. The fourth-order valence-electron chi connectivity index (χ4n) is 7.83. The monoisotopic (exact) mass is 691 g/mol. The lowest BCUT2D eigenvalue weighted by Gasteiger charge is -2.33. The summed E-state index contributed by atoms with van der Waals surface area (Å²) in [6.45, 7) is 2.40. The van der Waals surface area contributed by atoms with Gasteiger partial charge >= 0.3 is 12.4 Å². The first kappa shape index (κ1) is 35.6. The predicted octanol–water partition coefficient (Wildman–Crippen LogP) is 10.7. The molecule has 4 aromatic carbocycles. The first-order chi connectivity index (χ1) is 23.9. The molecule has 0 atom stereocenters. The zero-order chi connectivity index (χ0) is 35.5. The number of likely N-dealkylation sites (tertiary alicyclic amines) is 1. The molecule has 3 nitrogen and oxygen atoms in total. The number of piperidine rings is 1. The summed E-state index contributed by atoms with van der Waals surface area (Å²) in [6, 6.07) is 27.0. The van der Waals surface area contributed by atoms with Crippen LogP contribution in [0.5, 0.6) is 0 Å². The van der Waals surface area contributed by atoms with Crippen molar-refractivity contribution in [3.8, 4) is 22.3 Å². The van der Waals surface area contributed by atoms with Gasteiger partial charge in [0, 0.05) is 18.4 Å². The van der Waals surface area contributed by atoms with Crippen LogP contribution in [-0.2, 0) is 16.4 Å². The van der Waals surface area contributed by atoms with Crippen molar-refractivity contribution in [2.24, 2.45) is 5.92 Å². The first-order valence-corrected chi connectivity index (χ1v) is 17.2. The Morgan fingerprint density at radius 1 is 0.700 bits per heavy atom. The summed E-state index contributed by atoms with van der Waals surface area (Å²) < 4.78 is 78.9. The number of nitrogens with zero attached hydrogens (tertiary/aromatic N) is 1. The molecule has 1 heterocycles. The van der Waals surface area contributed by atoms with Crippen LogP contribution in [0.4, 0.5) is 26.3 Å². The van der Waals surface area contributed by atoms with Crippen molar-refractivity contribution < 1.29 is 35.9 Å². The van der Waals surface area contributed by atoms with Crippen LogP contribution in [0.3, 0.4) is 0 Å². The van der Waals surface area contributed by atoms with E-state index in [4.69, 9.17) is 0 Å². The number of alkyl halides is 6. The number of hydrogen-bond donors (Lipinski definition) is 0. The van der Waals surface area contributed by atoms with Crippen molar-refractivity contribution in [3.05, 3.63) is 119 Å². The fourth-order valence-corrected chi connectivity index (χ4v) is 7.83. The first-order valence-electron chi connectivity index (χ1n) is 17.2. The Morgan fingerprint density at radius 2 is 1.26 bits per heavy atom. The summed E-state index contributed by atoms with van der Waals surface area (Å²) in [7, 11) is 0. The molecule has 0 bridgehead atoms. The number of ketones is 2. The quantitative estimate of drug-likeness (QED) is 0.0843. The highest BCUT2D eigenvalue weighted by molar-refractivity contribution is 6.03. The van der Waals surface area contributed by atoms with Crippen LogP contribution in [0, 0.1) is 5.92 Å². The van der Waals surface area contributed by atoms with Gasteiger partial charge in [-0.1, -0.05) is 91.3 Å². The van der Waals surface area contributed by atoms with E-state index in [9.17, 15) is 35.9 Å². The maximum atomic E-state index is 13.8. The third-order valence-electron chi connectivity index (χ3n) is 10.4. The highest BCUT2D eigenvalue weighted by Gasteiger charge is 2.48. The number of benzene rings is 4. The van der Waals surface area contributed by atoms with Gasteiger partial charge in [-0.2, -0.15) is 26.3 Å². The van der Waals surface area contributed by atoms with Crippen molar-refractivity contribution in [2.45, 2.75) is 69.1 Å². The van der Waals surface area contributed by atoms with Gasteiger partial charge in [-0.05, 0) is 96.7 Å². The molecule has 0 unspecified atom stereocenters. The topological polar surface area (TPSA) is 37.4 Å². The zero-order valence-corrected chi connectivity index (χ0v) is 27.6. The highest BCUT2D eigenvalue weighted by atomic mass is 19.4. The van der Waals surface area contributed by atoms with Crippen LogP contribution < -0.4 is 0 Å². The zero-order valence-electron chi connectivity index (χ0n) is 27.6. The van der Waals surface area contributed by atoms with Gasteiger partial charge in [0.2, 0.25) is 0 Å². The molecule has 9 heteroatoms. The maximum Gasteiger partial charge on any atom is 0.416 e. The van der Waals surface area contributed by atoms with E-state index in [-0.39, 0.29) is 11.7 Å². The standard InChI is InChI=1S/C41H39F6NO2/c42-40(43,44)23-19-38(50)39(35-13-5-3-10-32(35)33-11-4-6-14-36(33)39)22-7-8-24-48-25-20-28(21-26-48)27-37(49)34-12-2-1-9-31(34)29-15-17-30(18-16-29)41(45,46)47/h1-6,9-18,28H,7-8,19-27H2. The summed E-state index contributed by atoms with van der Waals surface area (Å²) in [5, 5.41) is 0. The van der Waals surface area contributed by atoms with Crippen molar-refractivity contribution in [1.82, 2.24) is 4.90 Å². The molecule has 262 valence electrons. The molecule has 0 spiro atoms. The Hall–Kier alpha value is -4.24. The Kier molecular flexibility index (Phi) is 10.4. The van der Waals surface area contributed by atoms with E-state index in [0.717, 1.165) is 73.3 Å². The van der Waals surface area contributed by atoms with E-state index in [2.05, 4.69) is 4.90 Å². The van der Waals surface area contributed by atoms with Crippen molar-refractivity contribution >= 4 is 11.6 Å². The summed E-state index contributed by atoms with van der Waals surface area (Å²) >= 11 is 0. The molecule has 6 rings (SSSR count). The van der Waals surface area contributed by atoms with Gasteiger partial charge in [0.15, 0.2) is 5.78 Å². The van der Waals surface area contributed by atoms with Gasteiger partial charge in [-0.15, -0.1) is 0 Å². The summed E-state index contributed by atoms with van der Waals surface area (Å²) in [6.07, 6.45) is -6.66. The number of carbonyl (C=O) groups excluding carboxylic acids is 2. The highest BCUT2D eigenvalue weighted by Crippen LogP contribution is 2.52. The Labute approximate surface area is 288 Å². The second-order valence-electron chi connectivity index (χ2n) is 13.5. The molecule has 0 amide bonds. The second-order valence-corrected chi connectivity index (χ2v) is 13.5. The van der Waals surface area contributed by atoms with Gasteiger partial charge in [-0.25, -0.2) is 0 Å². The van der Waals surface area contributed by atoms with Crippen LogP contribution in [0.2, 0.25) is 0 Å². The van der Waals surface area contributed by atoms with Crippen molar-refractivity contribution in [2.75, 3.05) is 19.6 Å². The smallest absolute Gasteiger partial charge is 0.303 e. The number of unbranched alkanes of at least 4 members (excludes halogenated alkanes) is 1. The summed E-state index contributed by atoms with van der Waals surface area (Å²) in [5.41, 5.74) is 3.23. The van der Waals surface area contributed by atoms with E-state index in [1.165, 1.54) is 12.1 Å². The summed E-state index contributed by atoms with van der Waals surface area (Å²) in [5.74, 6) is -0.241. The molecular formula is C41H39F6NO2. The van der Waals surface area contributed by atoms with Crippen LogP contribution in [-0.4, -0.2) is 42.3 Å². The third-order valence-corrected chi connectivity index (χ3v) is 10.4. The molecule has 0 N–H and O–H groups in total. The Morgan fingerprint density at radius 3 is 1.84 bits per heavy atom. The van der Waals surface area contributed by atoms with Crippen LogP contribution >= 0.6 is 0 Å². The molecule has 1 saturated heterocycles. The van der Waals surface area contributed by atoms with Gasteiger partial charge in [0.25, 0.3) is 0 Å². The number of halogens is 6. The molecule has 0 aromatic heterocycles. The number of rotatable bonds is 12. The Balaban J connectivity index is 1.05. The number of fused-ring (bicyclic) bond motifs is 3. The molecule has 1 aliphatic carbocycles. The molecule has 1 aliphatic heterocycles. The maximum absolute atomic E-state index is 13.8. The van der Waals surface area contributed by atoms with E-state index < -0.39 is 42.0 Å². The minimum atomic E-state index is -4.43. The average molecular weight is 692 g/mol. The number of Topliss-reactive ketones (excluding diaryl/α,β-unsaturated/α-hetero) is 2. The molecule has 0 saturated carbocycles. The van der Waals surface area contributed by atoms with E-state index >= 15 is 0 Å². The predicted molar refractivity (Wildman–Crippen MR) is 182 cm³/mol. The largest absolute Gasteiger partial charge is 0.416 e. The minimum Gasteiger partial charge on any atom is -0.303 e. The molecule has 4 aromatic rings. The number of hydrogen-bond acceptors (Lipinski definition) is 3. The lowest BCUT2D eigenvalue weighted by Crippen LogP contribution is -2.37. The van der Waals surface area contributed by atoms with Gasteiger partial charge in [0.1, 0.15) is 5.78 Å². The van der Waals surface area contributed by atoms with Crippen LogP contribution in [0.25, 0.3) is 22.3 Å². The second kappa shape index (κ2) is 14.5. The summed E-state index contributed by atoms with van der Waals surface area (Å²) in [4.78, 5) is 29.6. The van der Waals surface area contributed by atoms with E-state index in [1.54, 1.807) is 24.3 Å². The van der Waals surface area contributed by atoms with Crippen molar-refractivity contribution in [3.63, 3.8) is 0 Å². The lowest BCUT2D eigenvalue weighted by atomic mass is 9.70. The van der Waals surface area contributed by atoms with Crippen LogP contribution in [0.1, 0.15) is 78.4 Å². The SMILES string of the molecule is O=C(CC1CCN(CCCCC2(C(=O)CCC(F)(F)F)c3ccccc3-c3ccccc32)CC1)c1ccccc1-c1ccc(C(F)(F)F)cc1.